The second-order valence-electron chi connectivity index (χ2n) is 5.88. The van der Waals surface area contributed by atoms with E-state index in [0.717, 1.165) is 28.0 Å². The third kappa shape index (κ3) is 3.57. The summed E-state index contributed by atoms with van der Waals surface area (Å²) in [7, 11) is 0. The molecule has 1 saturated carbocycles. The minimum Gasteiger partial charge on any atom is -0.0921 e. The van der Waals surface area contributed by atoms with Crippen molar-refractivity contribution in [3.8, 4) is 0 Å². The first-order valence-electron chi connectivity index (χ1n) is 6.98. The Labute approximate surface area is 138 Å². The van der Waals surface area contributed by atoms with Crippen molar-refractivity contribution in [1.29, 1.82) is 0 Å². The molecule has 1 aromatic rings. The summed E-state index contributed by atoms with van der Waals surface area (Å²) in [5.41, 5.74) is 2.83. The van der Waals surface area contributed by atoms with Crippen LogP contribution >= 0.6 is 43.5 Å². The number of hydrogen-bond donors (Lipinski definition) is 0. The maximum atomic E-state index is 6.43. The van der Waals surface area contributed by atoms with Crippen molar-refractivity contribution in [2.75, 3.05) is 10.7 Å². The van der Waals surface area contributed by atoms with Crippen LogP contribution in [0.5, 0.6) is 0 Å². The molecule has 0 heterocycles. The first kappa shape index (κ1) is 15.9. The first-order chi connectivity index (χ1) is 9.11. The van der Waals surface area contributed by atoms with Gasteiger partial charge in [-0.15, -0.1) is 0 Å². The van der Waals surface area contributed by atoms with Crippen LogP contribution in [-0.4, -0.2) is 10.7 Å². The molecule has 0 nitrogen and oxygen atoms in total. The van der Waals surface area contributed by atoms with E-state index in [0.29, 0.717) is 5.41 Å². The summed E-state index contributed by atoms with van der Waals surface area (Å²) in [6.07, 6.45) is 6.55. The number of alkyl halides is 2. The monoisotopic (exact) mass is 406 g/mol. The van der Waals surface area contributed by atoms with Crippen LogP contribution in [0.25, 0.3) is 0 Å². The Morgan fingerprint density at radius 3 is 2.37 bits per heavy atom. The van der Waals surface area contributed by atoms with Crippen molar-refractivity contribution in [3.63, 3.8) is 0 Å². The van der Waals surface area contributed by atoms with E-state index in [1.165, 1.54) is 36.8 Å². The van der Waals surface area contributed by atoms with Gasteiger partial charge >= 0.3 is 0 Å². The molecule has 1 aliphatic carbocycles. The van der Waals surface area contributed by atoms with Gasteiger partial charge in [0.05, 0.1) is 0 Å². The highest BCUT2D eigenvalue weighted by atomic mass is 79.9. The molecule has 0 amide bonds. The predicted octanol–water partition coefficient (Wildman–Crippen LogP) is 6.16. The molecule has 0 radical (unpaired) electrons. The highest BCUT2D eigenvalue weighted by molar-refractivity contribution is 9.09. The Hall–Kier alpha value is 0.470. The van der Waals surface area contributed by atoms with E-state index >= 15 is 0 Å². The molecule has 2 rings (SSSR count). The molecule has 0 unspecified atom stereocenters. The average molecular weight is 409 g/mol. The molecule has 0 bridgehead atoms. The van der Waals surface area contributed by atoms with Crippen molar-refractivity contribution in [2.24, 2.45) is 11.3 Å². The number of benzene rings is 1. The standard InChI is InChI=1S/C16H21Br2Cl/c1-12-6-7-13(15(19)8-12)9-16(10-17,11-18)14-4-2-3-5-14/h6-8,14H,2-5,9-11H2,1H3. The van der Waals surface area contributed by atoms with Crippen LogP contribution in [0, 0.1) is 18.3 Å². The lowest BCUT2D eigenvalue weighted by atomic mass is 9.73. The molecule has 1 aliphatic rings. The van der Waals surface area contributed by atoms with Gasteiger partial charge in [-0.3, -0.25) is 0 Å². The fourth-order valence-electron chi connectivity index (χ4n) is 3.21. The normalized spacial score (nSPS) is 17.1. The Morgan fingerprint density at radius 2 is 1.84 bits per heavy atom. The minimum atomic E-state index is 0.301. The van der Waals surface area contributed by atoms with Crippen LogP contribution < -0.4 is 0 Å². The lowest BCUT2D eigenvalue weighted by molar-refractivity contribution is 0.233. The lowest BCUT2D eigenvalue weighted by Crippen LogP contribution is -2.35. The smallest absolute Gasteiger partial charge is 0.0440 e. The average Bonchev–Trinajstić information content (AvgIpc) is 2.93. The molecule has 1 fully saturated rings. The van der Waals surface area contributed by atoms with E-state index in [2.05, 4.69) is 57.0 Å². The molecule has 106 valence electrons. The fraction of sp³-hybridized carbons (Fsp3) is 0.625. The molecule has 0 atom stereocenters. The zero-order valence-electron chi connectivity index (χ0n) is 11.4. The quantitative estimate of drug-likeness (QED) is 0.512. The van der Waals surface area contributed by atoms with E-state index in [-0.39, 0.29) is 0 Å². The highest BCUT2D eigenvalue weighted by Crippen LogP contribution is 2.45. The molecular formula is C16H21Br2Cl. The second-order valence-corrected chi connectivity index (χ2v) is 7.41. The fourth-order valence-corrected chi connectivity index (χ4v) is 5.75. The van der Waals surface area contributed by atoms with Crippen LogP contribution in [0.15, 0.2) is 18.2 Å². The third-order valence-corrected chi connectivity index (χ3v) is 7.09. The molecule has 0 N–H and O–H groups in total. The maximum absolute atomic E-state index is 6.43. The zero-order chi connectivity index (χ0) is 13.9. The van der Waals surface area contributed by atoms with Crippen LogP contribution in [0.2, 0.25) is 5.02 Å². The Balaban J connectivity index is 2.24. The molecule has 0 aliphatic heterocycles. The topological polar surface area (TPSA) is 0 Å². The Morgan fingerprint density at radius 1 is 1.21 bits per heavy atom. The number of rotatable bonds is 5. The largest absolute Gasteiger partial charge is 0.0921 e. The van der Waals surface area contributed by atoms with Gasteiger partial charge in [-0.05, 0) is 54.7 Å². The van der Waals surface area contributed by atoms with Gasteiger partial charge in [0.1, 0.15) is 0 Å². The summed E-state index contributed by atoms with van der Waals surface area (Å²) in [6, 6.07) is 6.45. The van der Waals surface area contributed by atoms with Gasteiger partial charge in [0.15, 0.2) is 0 Å². The SMILES string of the molecule is Cc1ccc(CC(CBr)(CBr)C2CCCC2)c(Cl)c1. The van der Waals surface area contributed by atoms with Gasteiger partial charge in [0.25, 0.3) is 0 Å². The minimum absolute atomic E-state index is 0.301. The van der Waals surface area contributed by atoms with Crippen LogP contribution in [0.3, 0.4) is 0 Å². The summed E-state index contributed by atoms with van der Waals surface area (Å²) < 4.78 is 0. The van der Waals surface area contributed by atoms with Gasteiger partial charge in [-0.25, -0.2) is 0 Å². The number of hydrogen-bond acceptors (Lipinski definition) is 0. The molecule has 3 heteroatoms. The van der Waals surface area contributed by atoms with Crippen molar-refractivity contribution in [2.45, 2.75) is 39.0 Å². The summed E-state index contributed by atoms with van der Waals surface area (Å²) in [6.45, 7) is 2.09. The molecule has 0 aromatic heterocycles. The summed E-state index contributed by atoms with van der Waals surface area (Å²) in [4.78, 5) is 0. The van der Waals surface area contributed by atoms with Crippen molar-refractivity contribution < 1.29 is 0 Å². The summed E-state index contributed by atoms with van der Waals surface area (Å²) in [5, 5.41) is 3.00. The molecular weight excluding hydrogens is 387 g/mol. The molecule has 19 heavy (non-hydrogen) atoms. The van der Waals surface area contributed by atoms with Crippen LogP contribution in [-0.2, 0) is 6.42 Å². The van der Waals surface area contributed by atoms with Gasteiger partial charge in [-0.1, -0.05) is 68.4 Å². The summed E-state index contributed by atoms with van der Waals surface area (Å²) in [5.74, 6) is 0.809. The zero-order valence-corrected chi connectivity index (χ0v) is 15.3. The van der Waals surface area contributed by atoms with Gasteiger partial charge in [0, 0.05) is 15.7 Å². The number of aryl methyl sites for hydroxylation is 1. The van der Waals surface area contributed by atoms with Gasteiger partial charge in [-0.2, -0.15) is 0 Å². The predicted molar refractivity (Wildman–Crippen MR) is 91.9 cm³/mol. The van der Waals surface area contributed by atoms with Crippen LogP contribution in [0.1, 0.15) is 36.8 Å². The molecule has 1 aromatic carbocycles. The second kappa shape index (κ2) is 6.95. The first-order valence-corrected chi connectivity index (χ1v) is 9.60. The van der Waals surface area contributed by atoms with Crippen molar-refractivity contribution in [1.82, 2.24) is 0 Å². The van der Waals surface area contributed by atoms with Crippen molar-refractivity contribution in [3.05, 3.63) is 34.3 Å². The van der Waals surface area contributed by atoms with E-state index in [9.17, 15) is 0 Å². The van der Waals surface area contributed by atoms with E-state index in [1.807, 2.05) is 0 Å². The lowest BCUT2D eigenvalue weighted by Gasteiger charge is -2.37. The summed E-state index contributed by atoms with van der Waals surface area (Å²) >= 11 is 14.0. The van der Waals surface area contributed by atoms with E-state index in [1.54, 1.807) is 0 Å². The number of halogens is 3. The molecule has 0 saturated heterocycles. The van der Waals surface area contributed by atoms with E-state index in [4.69, 9.17) is 11.6 Å². The molecule has 0 spiro atoms. The van der Waals surface area contributed by atoms with Gasteiger partial charge in [0.2, 0.25) is 0 Å². The van der Waals surface area contributed by atoms with Crippen molar-refractivity contribution >= 4 is 43.5 Å². The van der Waals surface area contributed by atoms with Gasteiger partial charge < -0.3 is 0 Å². The Bertz CT molecular complexity index is 421. The Kier molecular flexibility index (Phi) is 5.80. The highest BCUT2D eigenvalue weighted by Gasteiger charge is 2.38. The van der Waals surface area contributed by atoms with E-state index < -0.39 is 0 Å². The third-order valence-electron chi connectivity index (χ3n) is 4.50. The maximum Gasteiger partial charge on any atom is 0.0440 e. The van der Waals surface area contributed by atoms with Crippen LogP contribution in [0.4, 0.5) is 0 Å².